The van der Waals surface area contributed by atoms with Crippen LogP contribution in [0.15, 0.2) is 48.0 Å². The van der Waals surface area contributed by atoms with Crippen molar-refractivity contribution >= 4 is 29.5 Å². The number of amidine groups is 1. The Morgan fingerprint density at radius 1 is 1.11 bits per heavy atom. The topological polar surface area (TPSA) is 105 Å². The average Bonchev–Trinajstić information content (AvgIpc) is 2.67. The van der Waals surface area contributed by atoms with Gasteiger partial charge in [0.25, 0.3) is 5.91 Å². The summed E-state index contributed by atoms with van der Waals surface area (Å²) >= 11 is 0. The second kappa shape index (κ2) is 7.86. The summed E-state index contributed by atoms with van der Waals surface area (Å²) in [6.45, 7) is 0. The summed E-state index contributed by atoms with van der Waals surface area (Å²) < 4.78 is 4.73. The second-order valence-corrected chi connectivity index (χ2v) is 6.41. The zero-order valence-electron chi connectivity index (χ0n) is 15.0. The van der Waals surface area contributed by atoms with E-state index in [1.54, 1.807) is 24.3 Å². The normalized spacial score (nSPS) is 12.6. The van der Waals surface area contributed by atoms with E-state index in [9.17, 15) is 9.59 Å². The van der Waals surface area contributed by atoms with Gasteiger partial charge in [-0.2, -0.15) is 0 Å². The van der Waals surface area contributed by atoms with Crippen LogP contribution < -0.4 is 11.1 Å². The van der Waals surface area contributed by atoms with E-state index in [-0.39, 0.29) is 24.1 Å². The van der Waals surface area contributed by atoms with Gasteiger partial charge >= 0.3 is 5.97 Å². The molecule has 2 aromatic carbocycles. The lowest BCUT2D eigenvalue weighted by atomic mass is 9.90. The van der Waals surface area contributed by atoms with Crippen molar-refractivity contribution in [1.29, 1.82) is 5.41 Å². The summed E-state index contributed by atoms with van der Waals surface area (Å²) in [6.07, 6.45) is 3.97. The molecule has 27 heavy (non-hydrogen) atoms. The third-order valence-electron chi connectivity index (χ3n) is 4.54. The van der Waals surface area contributed by atoms with Crippen LogP contribution in [0.25, 0.3) is 6.08 Å². The Morgan fingerprint density at radius 3 is 2.48 bits per heavy atom. The maximum absolute atomic E-state index is 12.4. The fraction of sp³-hybridized carbons (Fsp3) is 0.190. The van der Waals surface area contributed by atoms with E-state index in [2.05, 4.69) is 5.32 Å². The van der Waals surface area contributed by atoms with Crippen molar-refractivity contribution in [3.8, 4) is 0 Å². The molecule has 0 spiro atoms. The second-order valence-electron chi connectivity index (χ2n) is 6.41. The van der Waals surface area contributed by atoms with Gasteiger partial charge in [-0.05, 0) is 48.2 Å². The van der Waals surface area contributed by atoms with Gasteiger partial charge in [-0.3, -0.25) is 15.0 Å². The molecule has 1 aliphatic carbocycles. The van der Waals surface area contributed by atoms with Gasteiger partial charge in [-0.25, -0.2) is 0 Å². The number of esters is 1. The molecule has 0 unspecified atom stereocenters. The zero-order valence-corrected chi connectivity index (χ0v) is 15.0. The fourth-order valence-electron chi connectivity index (χ4n) is 3.02. The van der Waals surface area contributed by atoms with Crippen molar-refractivity contribution in [2.75, 3.05) is 12.4 Å². The molecule has 0 fully saturated rings. The molecule has 0 saturated heterocycles. The summed E-state index contributed by atoms with van der Waals surface area (Å²) in [6, 6.07) is 12.3. The van der Waals surface area contributed by atoms with Crippen molar-refractivity contribution in [2.24, 2.45) is 5.73 Å². The molecule has 0 saturated carbocycles. The Hall–Kier alpha value is -3.41. The first kappa shape index (κ1) is 18.4. The average molecular weight is 363 g/mol. The van der Waals surface area contributed by atoms with E-state index in [4.69, 9.17) is 15.9 Å². The van der Waals surface area contributed by atoms with Gasteiger partial charge in [0.2, 0.25) is 0 Å². The lowest BCUT2D eigenvalue weighted by Crippen LogP contribution is -2.14. The molecular formula is C21H21N3O3. The maximum Gasteiger partial charge on any atom is 0.309 e. The number of amides is 1. The smallest absolute Gasteiger partial charge is 0.309 e. The lowest BCUT2D eigenvalue weighted by Gasteiger charge is -2.17. The van der Waals surface area contributed by atoms with Crippen LogP contribution in [-0.2, 0) is 16.0 Å². The molecule has 4 N–H and O–H groups in total. The van der Waals surface area contributed by atoms with E-state index < -0.39 is 0 Å². The number of hydrogen-bond donors (Lipinski definition) is 3. The van der Waals surface area contributed by atoms with Gasteiger partial charge in [0.15, 0.2) is 0 Å². The minimum Gasteiger partial charge on any atom is -0.469 e. The number of benzene rings is 2. The van der Waals surface area contributed by atoms with Gasteiger partial charge in [0.05, 0.1) is 13.5 Å². The van der Waals surface area contributed by atoms with Crippen LogP contribution in [0.4, 0.5) is 5.69 Å². The molecule has 0 radical (unpaired) electrons. The van der Waals surface area contributed by atoms with Crippen molar-refractivity contribution in [3.05, 3.63) is 70.3 Å². The van der Waals surface area contributed by atoms with E-state index >= 15 is 0 Å². The number of nitrogens with two attached hydrogens (primary N) is 1. The summed E-state index contributed by atoms with van der Waals surface area (Å²) in [4.78, 5) is 23.9. The minimum atomic E-state index is -0.247. The van der Waals surface area contributed by atoms with Crippen LogP contribution in [-0.4, -0.2) is 24.8 Å². The predicted molar refractivity (Wildman–Crippen MR) is 105 cm³/mol. The van der Waals surface area contributed by atoms with Crippen molar-refractivity contribution in [1.82, 2.24) is 0 Å². The summed E-state index contributed by atoms with van der Waals surface area (Å²) in [5.41, 5.74) is 10.4. The van der Waals surface area contributed by atoms with Crippen LogP contribution in [0.5, 0.6) is 0 Å². The zero-order chi connectivity index (χ0) is 19.4. The van der Waals surface area contributed by atoms with E-state index in [1.165, 1.54) is 12.7 Å². The SMILES string of the molecule is COC(=O)CC1=Cc2cc(NC(=O)c3ccc(C(=N)N)cc3)ccc2CC1. The van der Waals surface area contributed by atoms with Crippen LogP contribution in [0.2, 0.25) is 0 Å². The number of hydrogen-bond acceptors (Lipinski definition) is 4. The van der Waals surface area contributed by atoms with Gasteiger partial charge in [-0.15, -0.1) is 0 Å². The van der Waals surface area contributed by atoms with Gasteiger partial charge < -0.3 is 15.8 Å². The van der Waals surface area contributed by atoms with Crippen LogP contribution in [0.3, 0.4) is 0 Å². The molecule has 6 heteroatoms. The van der Waals surface area contributed by atoms with E-state index in [0.29, 0.717) is 16.8 Å². The number of rotatable bonds is 5. The van der Waals surface area contributed by atoms with Crippen molar-refractivity contribution < 1.29 is 14.3 Å². The summed E-state index contributed by atoms with van der Waals surface area (Å²) in [5, 5.41) is 10.3. The molecular weight excluding hydrogens is 342 g/mol. The molecule has 0 aliphatic heterocycles. The molecule has 3 rings (SSSR count). The quantitative estimate of drug-likeness (QED) is 0.431. The first-order valence-electron chi connectivity index (χ1n) is 8.61. The lowest BCUT2D eigenvalue weighted by molar-refractivity contribution is -0.139. The number of anilines is 1. The minimum absolute atomic E-state index is 0.0359. The molecule has 0 aromatic heterocycles. The molecule has 1 aliphatic rings. The highest BCUT2D eigenvalue weighted by molar-refractivity contribution is 6.05. The largest absolute Gasteiger partial charge is 0.469 e. The standard InChI is InChI=1S/C21H21N3O3/c1-27-19(25)11-13-2-3-14-8-9-18(12-17(14)10-13)24-21(26)16-6-4-15(5-7-16)20(22)23/h4-10,12H,2-3,11H2,1H3,(H3,22,23)(H,24,26). The molecule has 1 amide bonds. The Morgan fingerprint density at radius 2 is 1.81 bits per heavy atom. The Kier molecular flexibility index (Phi) is 5.35. The number of carbonyl (C=O) groups is 2. The van der Waals surface area contributed by atoms with E-state index in [1.807, 2.05) is 24.3 Å². The molecule has 6 nitrogen and oxygen atoms in total. The number of fused-ring (bicyclic) bond motifs is 1. The molecule has 138 valence electrons. The Bertz CT molecular complexity index is 930. The summed E-state index contributed by atoms with van der Waals surface area (Å²) in [7, 11) is 1.39. The molecule has 0 atom stereocenters. The highest BCUT2D eigenvalue weighted by Crippen LogP contribution is 2.28. The number of nitrogen functional groups attached to an aromatic ring is 1. The molecule has 0 bridgehead atoms. The van der Waals surface area contributed by atoms with Crippen molar-refractivity contribution in [2.45, 2.75) is 19.3 Å². The number of methoxy groups -OCH3 is 1. The number of aryl methyl sites for hydroxylation is 1. The van der Waals surface area contributed by atoms with Crippen molar-refractivity contribution in [3.63, 3.8) is 0 Å². The number of nitrogens with one attached hydrogen (secondary N) is 2. The van der Waals surface area contributed by atoms with Crippen LogP contribution in [0.1, 0.15) is 39.9 Å². The number of carbonyl (C=O) groups excluding carboxylic acids is 2. The van der Waals surface area contributed by atoms with E-state index in [0.717, 1.165) is 24.0 Å². The highest BCUT2D eigenvalue weighted by atomic mass is 16.5. The fourth-order valence-corrected chi connectivity index (χ4v) is 3.02. The van der Waals surface area contributed by atoms with Gasteiger partial charge in [0, 0.05) is 16.8 Å². The Labute approximate surface area is 157 Å². The van der Waals surface area contributed by atoms with Crippen LogP contribution >= 0.6 is 0 Å². The first-order valence-corrected chi connectivity index (χ1v) is 8.61. The third kappa shape index (κ3) is 4.41. The van der Waals surface area contributed by atoms with Crippen LogP contribution in [0, 0.1) is 5.41 Å². The molecule has 2 aromatic rings. The summed E-state index contributed by atoms with van der Waals surface area (Å²) in [5.74, 6) is -0.519. The third-order valence-corrected chi connectivity index (χ3v) is 4.54. The van der Waals surface area contributed by atoms with Gasteiger partial charge in [-0.1, -0.05) is 29.8 Å². The Balaban J connectivity index is 1.75. The highest BCUT2D eigenvalue weighted by Gasteiger charge is 2.15. The maximum atomic E-state index is 12.4. The van der Waals surface area contributed by atoms with Gasteiger partial charge in [0.1, 0.15) is 5.84 Å². The number of ether oxygens (including phenoxy) is 1. The molecule has 0 heterocycles. The predicted octanol–water partition coefficient (Wildman–Crippen LogP) is 3.12. The monoisotopic (exact) mass is 363 g/mol. The first-order chi connectivity index (χ1) is 13.0.